The van der Waals surface area contributed by atoms with Gasteiger partial charge in [-0.15, -0.1) is 0 Å². The zero-order valence-corrected chi connectivity index (χ0v) is 15.0. The number of amides is 1. The number of nitrogens with zero attached hydrogens (tertiary/aromatic N) is 4. The first-order valence-corrected chi connectivity index (χ1v) is 8.62. The maximum Gasteiger partial charge on any atom is 0.228 e. The predicted octanol–water partition coefficient (Wildman–Crippen LogP) is 2.46. The smallest absolute Gasteiger partial charge is 0.228 e. The lowest BCUT2D eigenvalue weighted by Crippen LogP contribution is -2.14. The van der Waals surface area contributed by atoms with Gasteiger partial charge in [-0.3, -0.25) is 9.48 Å². The summed E-state index contributed by atoms with van der Waals surface area (Å²) in [5.74, 6) is 7.21. The molecule has 0 radical (unpaired) electrons. The van der Waals surface area contributed by atoms with Crippen molar-refractivity contribution in [2.75, 3.05) is 17.7 Å². The summed E-state index contributed by atoms with van der Waals surface area (Å²) in [4.78, 5) is 20.8. The Labute approximate surface area is 161 Å². The average Bonchev–Trinajstić information content (AvgIpc) is 3.48. The average molecular weight is 363 g/mol. The van der Waals surface area contributed by atoms with Crippen LogP contribution in [0.1, 0.15) is 33.8 Å². The molecule has 1 saturated carbocycles. The molecule has 1 fully saturated rings. The molecule has 27 heavy (non-hydrogen) atoms. The van der Waals surface area contributed by atoms with E-state index in [2.05, 4.69) is 37.5 Å². The van der Waals surface area contributed by atoms with Crippen LogP contribution in [-0.2, 0) is 11.8 Å². The molecule has 0 bridgehead atoms. The third-order valence-electron chi connectivity index (χ3n) is 4.44. The number of carbonyl (C=O) groups excluding carboxylic acids is 1. The Morgan fingerprint density at radius 2 is 2.07 bits per heavy atom. The molecule has 3 heterocycles. The molecule has 3 aromatic heterocycles. The highest BCUT2D eigenvalue weighted by Crippen LogP contribution is 2.31. The largest absolute Gasteiger partial charge is 0.373 e. The van der Waals surface area contributed by atoms with Crippen molar-refractivity contribution < 1.29 is 8.91 Å². The highest BCUT2D eigenvalue weighted by molar-refractivity contribution is 5.99. The number of nitrogens with one attached hydrogen (secondary N) is 2. The summed E-state index contributed by atoms with van der Waals surface area (Å²) < 4.78 is 23.4. The minimum Gasteiger partial charge on any atom is -0.373 e. The fourth-order valence-electron chi connectivity index (χ4n) is 2.79. The summed E-state index contributed by atoms with van der Waals surface area (Å²) in [7, 11) is 1.77. The molecule has 0 atom stereocenters. The lowest BCUT2D eigenvalue weighted by Gasteiger charge is -2.09. The SMILES string of the molecule is [2H]C([2H])([2H])n1cc(C#Cc2cnc(NC)c3cnc(NC(=O)C4CC4)cc23)c(C)n1. The second-order valence-corrected chi connectivity index (χ2v) is 6.47. The molecule has 1 aliphatic carbocycles. The highest BCUT2D eigenvalue weighted by atomic mass is 16.2. The number of rotatable bonds is 3. The van der Waals surface area contributed by atoms with Crippen molar-refractivity contribution in [1.29, 1.82) is 0 Å². The van der Waals surface area contributed by atoms with Crippen LogP contribution in [0.4, 0.5) is 11.6 Å². The maximum atomic E-state index is 12.1. The van der Waals surface area contributed by atoms with Crippen molar-refractivity contribution in [3.8, 4) is 11.8 Å². The molecule has 7 nitrogen and oxygen atoms in total. The van der Waals surface area contributed by atoms with Crippen LogP contribution in [0.2, 0.25) is 0 Å². The molecule has 0 spiro atoms. The van der Waals surface area contributed by atoms with Crippen LogP contribution in [0.3, 0.4) is 0 Å². The van der Waals surface area contributed by atoms with Crippen LogP contribution in [0.5, 0.6) is 0 Å². The predicted molar refractivity (Wildman–Crippen MR) is 104 cm³/mol. The van der Waals surface area contributed by atoms with E-state index in [-0.39, 0.29) is 11.8 Å². The van der Waals surface area contributed by atoms with Gasteiger partial charge >= 0.3 is 0 Å². The molecule has 1 aliphatic rings. The minimum atomic E-state index is -2.35. The van der Waals surface area contributed by atoms with Crippen molar-refractivity contribution >= 4 is 28.3 Å². The quantitative estimate of drug-likeness (QED) is 0.698. The Morgan fingerprint density at radius 1 is 1.26 bits per heavy atom. The van der Waals surface area contributed by atoms with E-state index in [1.54, 1.807) is 32.4 Å². The minimum absolute atomic E-state index is 0.0231. The lowest BCUT2D eigenvalue weighted by atomic mass is 10.1. The van der Waals surface area contributed by atoms with Gasteiger partial charge in [-0.2, -0.15) is 5.10 Å². The van der Waals surface area contributed by atoms with Gasteiger partial charge in [-0.25, -0.2) is 9.97 Å². The standard InChI is InChI=1S/C20H20N6O/c1-12-15(11-26(3)25-12)7-6-14-9-23-19(21-2)17-10-22-18(8-16(14)17)24-20(27)13-4-5-13/h8-11,13H,4-5H2,1-3H3,(H,21,23)(H,22,24,27)/i3D3. The number of hydrogen-bond donors (Lipinski definition) is 2. The molecular formula is C20H20N6O. The number of pyridine rings is 2. The van der Waals surface area contributed by atoms with Gasteiger partial charge < -0.3 is 10.6 Å². The van der Waals surface area contributed by atoms with Crippen LogP contribution in [0.15, 0.2) is 24.7 Å². The molecule has 0 saturated heterocycles. The highest BCUT2D eigenvalue weighted by Gasteiger charge is 2.29. The van der Waals surface area contributed by atoms with Crippen LogP contribution in [0.25, 0.3) is 10.8 Å². The fourth-order valence-corrected chi connectivity index (χ4v) is 2.79. The zero-order valence-electron chi connectivity index (χ0n) is 18.0. The monoisotopic (exact) mass is 363 g/mol. The molecule has 0 unspecified atom stereocenters. The molecule has 0 aromatic carbocycles. The van der Waals surface area contributed by atoms with E-state index in [1.807, 2.05) is 0 Å². The number of aromatic nitrogens is 4. The summed E-state index contributed by atoms with van der Waals surface area (Å²) in [6, 6.07) is 1.78. The Bertz CT molecular complexity index is 1200. The van der Waals surface area contributed by atoms with Crippen LogP contribution < -0.4 is 10.6 Å². The van der Waals surface area contributed by atoms with Crippen LogP contribution in [-0.4, -0.2) is 32.7 Å². The second kappa shape index (κ2) is 6.72. The molecular weight excluding hydrogens is 340 g/mol. The molecule has 7 heteroatoms. The van der Waals surface area contributed by atoms with Crippen LogP contribution in [0, 0.1) is 24.7 Å². The number of fused-ring (bicyclic) bond motifs is 1. The van der Waals surface area contributed by atoms with Gasteiger partial charge in [0.1, 0.15) is 11.6 Å². The van der Waals surface area contributed by atoms with Gasteiger partial charge in [-0.05, 0) is 25.8 Å². The normalized spacial score (nSPS) is 15.3. The summed E-state index contributed by atoms with van der Waals surface area (Å²) in [6.07, 6.45) is 6.52. The number of anilines is 2. The van der Waals surface area contributed by atoms with E-state index in [4.69, 9.17) is 4.11 Å². The third kappa shape index (κ3) is 3.47. The van der Waals surface area contributed by atoms with E-state index < -0.39 is 6.98 Å². The van der Waals surface area contributed by atoms with Crippen molar-refractivity contribution in [2.24, 2.45) is 12.9 Å². The third-order valence-corrected chi connectivity index (χ3v) is 4.44. The van der Waals surface area contributed by atoms with E-state index >= 15 is 0 Å². The Balaban J connectivity index is 1.74. The van der Waals surface area contributed by atoms with Crippen LogP contribution >= 0.6 is 0 Å². The van der Waals surface area contributed by atoms with Gasteiger partial charge in [-0.1, -0.05) is 11.8 Å². The van der Waals surface area contributed by atoms with E-state index in [1.165, 1.54) is 6.20 Å². The fraction of sp³-hybridized carbons (Fsp3) is 0.300. The van der Waals surface area contributed by atoms with E-state index in [0.29, 0.717) is 28.5 Å². The molecule has 4 rings (SSSR count). The molecule has 1 amide bonds. The van der Waals surface area contributed by atoms with Gasteiger partial charge in [0, 0.05) is 53.4 Å². The van der Waals surface area contributed by atoms with Gasteiger partial charge in [0.25, 0.3) is 0 Å². The summed E-state index contributed by atoms with van der Waals surface area (Å²) in [5, 5.41) is 11.4. The zero-order chi connectivity index (χ0) is 21.5. The Kier molecular flexibility index (Phi) is 3.43. The van der Waals surface area contributed by atoms with Crippen molar-refractivity contribution in [3.63, 3.8) is 0 Å². The van der Waals surface area contributed by atoms with E-state index in [0.717, 1.165) is 28.3 Å². The number of carbonyl (C=O) groups is 1. The van der Waals surface area contributed by atoms with Crippen molar-refractivity contribution in [1.82, 2.24) is 19.7 Å². The number of aryl methyl sites for hydroxylation is 2. The molecule has 136 valence electrons. The Morgan fingerprint density at radius 3 is 2.78 bits per heavy atom. The maximum absolute atomic E-state index is 12.1. The van der Waals surface area contributed by atoms with Crippen molar-refractivity contribution in [2.45, 2.75) is 19.8 Å². The van der Waals surface area contributed by atoms with Crippen molar-refractivity contribution in [3.05, 3.63) is 41.5 Å². The first kappa shape index (κ1) is 13.8. The first-order valence-electron chi connectivity index (χ1n) is 10.1. The Hall–Kier alpha value is -3.40. The molecule has 2 N–H and O–H groups in total. The number of hydrogen-bond acceptors (Lipinski definition) is 5. The van der Waals surface area contributed by atoms with E-state index in [9.17, 15) is 4.79 Å². The lowest BCUT2D eigenvalue weighted by molar-refractivity contribution is -0.117. The second-order valence-electron chi connectivity index (χ2n) is 6.47. The first-order chi connectivity index (χ1) is 14.3. The summed E-state index contributed by atoms with van der Waals surface area (Å²) in [5.41, 5.74) is 1.68. The summed E-state index contributed by atoms with van der Waals surface area (Å²) in [6.45, 7) is -0.643. The molecule has 0 aliphatic heterocycles. The topological polar surface area (TPSA) is 84.7 Å². The van der Waals surface area contributed by atoms with Gasteiger partial charge in [0.05, 0.1) is 16.8 Å². The van der Waals surface area contributed by atoms with Gasteiger partial charge in [0.15, 0.2) is 0 Å². The summed E-state index contributed by atoms with van der Waals surface area (Å²) >= 11 is 0. The molecule has 3 aromatic rings. The van der Waals surface area contributed by atoms with Gasteiger partial charge in [0.2, 0.25) is 5.91 Å².